The highest BCUT2D eigenvalue weighted by molar-refractivity contribution is 7.86. The monoisotopic (exact) mass is 485 g/mol. The summed E-state index contributed by atoms with van der Waals surface area (Å²) in [5, 5.41) is 21.3. The summed E-state index contributed by atoms with van der Waals surface area (Å²) in [5.41, 5.74) is 7.88. The minimum Gasteiger partial charge on any atom is -0.508 e. The minimum absolute atomic E-state index is 0.0403. The Morgan fingerprint density at radius 2 is 2.00 bits per heavy atom. The molecule has 1 heterocycles. The topological polar surface area (TPSA) is 154 Å². The number of nitrogens with two attached hydrogens (primary N) is 1. The van der Waals surface area contributed by atoms with Crippen LogP contribution in [0.1, 0.15) is 35.6 Å². The second kappa shape index (κ2) is 11.6. The summed E-state index contributed by atoms with van der Waals surface area (Å²) in [6, 6.07) is 14.2. The van der Waals surface area contributed by atoms with E-state index in [1.807, 2.05) is 12.1 Å². The molecule has 2 atom stereocenters. The maximum Gasteiger partial charge on any atom is 0.268 e. The second-order valence-corrected chi connectivity index (χ2v) is 9.44. The number of fused-ring (bicyclic) bond motifs is 1. The van der Waals surface area contributed by atoms with Crippen molar-refractivity contribution >= 4 is 16.1 Å². The van der Waals surface area contributed by atoms with Crippen LogP contribution >= 0.6 is 0 Å². The summed E-state index contributed by atoms with van der Waals surface area (Å²) in [5.74, 6) is 3.79. The summed E-state index contributed by atoms with van der Waals surface area (Å²) in [6.07, 6.45) is 3.06. The van der Waals surface area contributed by atoms with Gasteiger partial charge in [0.1, 0.15) is 11.5 Å². The fraction of sp³-hybridized carbons (Fsp3) is 0.292. The number of aliphatic hydroxyl groups excluding tert-OH is 1. The van der Waals surface area contributed by atoms with Crippen LogP contribution in [-0.2, 0) is 23.0 Å². The van der Waals surface area contributed by atoms with Crippen LogP contribution in [0.3, 0.4) is 0 Å². The van der Waals surface area contributed by atoms with Gasteiger partial charge in [-0.15, -0.1) is 0 Å². The number of phenolic OH excluding ortho intramolecular Hbond substituents is 1. The van der Waals surface area contributed by atoms with E-state index in [-0.39, 0.29) is 31.3 Å². The SMILES string of the molecule is NC1=NC#CCc2cc(CC[C@H](CC=C[C@@H](O)c3ccc(O)cc3)S(=O)(=O)O)ccc2OCN1. The summed E-state index contributed by atoms with van der Waals surface area (Å²) in [4.78, 5) is 3.84. The van der Waals surface area contributed by atoms with Crippen molar-refractivity contribution in [1.29, 1.82) is 0 Å². The molecule has 0 bridgehead atoms. The van der Waals surface area contributed by atoms with Crippen molar-refractivity contribution in [2.75, 3.05) is 6.73 Å². The number of aliphatic imine (C=N–C) groups is 1. The number of allylic oxidation sites excluding steroid dienone is 1. The van der Waals surface area contributed by atoms with Crippen LogP contribution in [0, 0.1) is 12.0 Å². The third kappa shape index (κ3) is 7.52. The van der Waals surface area contributed by atoms with E-state index in [9.17, 15) is 23.2 Å². The lowest BCUT2D eigenvalue weighted by Crippen LogP contribution is -2.34. The Hall–Kier alpha value is -3.52. The lowest BCUT2D eigenvalue weighted by Gasteiger charge is -2.15. The molecule has 1 aliphatic heterocycles. The van der Waals surface area contributed by atoms with E-state index in [1.165, 1.54) is 24.3 Å². The predicted molar refractivity (Wildman–Crippen MR) is 129 cm³/mol. The Morgan fingerprint density at radius 3 is 2.74 bits per heavy atom. The maximum absolute atomic E-state index is 11.9. The number of hydrogen-bond acceptors (Lipinski definition) is 8. The zero-order valence-electron chi connectivity index (χ0n) is 18.4. The normalized spacial score (nSPS) is 15.6. The molecule has 0 aliphatic carbocycles. The van der Waals surface area contributed by atoms with Gasteiger partial charge in [-0.3, -0.25) is 4.55 Å². The molecule has 0 aromatic heterocycles. The van der Waals surface area contributed by atoms with Crippen molar-refractivity contribution in [2.45, 2.75) is 37.0 Å². The van der Waals surface area contributed by atoms with Crippen LogP contribution < -0.4 is 15.8 Å². The van der Waals surface area contributed by atoms with Gasteiger partial charge in [-0.25, -0.2) is 0 Å². The van der Waals surface area contributed by atoms with Crippen LogP contribution in [0.4, 0.5) is 0 Å². The molecule has 3 rings (SSSR count). The van der Waals surface area contributed by atoms with Gasteiger partial charge in [0.25, 0.3) is 10.1 Å². The maximum atomic E-state index is 11.9. The first-order valence-electron chi connectivity index (χ1n) is 10.6. The minimum atomic E-state index is -4.29. The second-order valence-electron chi connectivity index (χ2n) is 7.75. The molecule has 0 spiro atoms. The number of aryl methyl sites for hydroxylation is 1. The molecule has 0 radical (unpaired) electrons. The Labute approximate surface area is 198 Å². The van der Waals surface area contributed by atoms with Crippen molar-refractivity contribution in [2.24, 2.45) is 10.7 Å². The van der Waals surface area contributed by atoms with Crippen LogP contribution in [0.5, 0.6) is 11.5 Å². The number of rotatable bonds is 8. The van der Waals surface area contributed by atoms with Crippen molar-refractivity contribution in [3.63, 3.8) is 0 Å². The van der Waals surface area contributed by atoms with Gasteiger partial charge in [-0.2, -0.15) is 13.4 Å². The van der Waals surface area contributed by atoms with E-state index in [0.29, 0.717) is 24.2 Å². The Morgan fingerprint density at radius 1 is 1.24 bits per heavy atom. The molecule has 6 N–H and O–H groups in total. The molecule has 9 nitrogen and oxygen atoms in total. The Kier molecular flexibility index (Phi) is 8.54. The lowest BCUT2D eigenvalue weighted by molar-refractivity contribution is 0.228. The number of hydrogen-bond donors (Lipinski definition) is 5. The number of aliphatic hydroxyl groups is 1. The molecular formula is C24H27N3O6S. The molecule has 0 saturated heterocycles. The summed E-state index contributed by atoms with van der Waals surface area (Å²) in [6.45, 7) is 0.135. The highest BCUT2D eigenvalue weighted by atomic mass is 32.2. The lowest BCUT2D eigenvalue weighted by atomic mass is 10.0. The van der Waals surface area contributed by atoms with E-state index in [0.717, 1.165) is 11.1 Å². The first-order chi connectivity index (χ1) is 16.2. The van der Waals surface area contributed by atoms with Crippen LogP contribution in [0.25, 0.3) is 0 Å². The molecule has 180 valence electrons. The first kappa shape index (κ1) is 25.1. The Bertz CT molecular complexity index is 1210. The fourth-order valence-electron chi connectivity index (χ4n) is 3.39. The molecule has 2 aromatic rings. The quantitative estimate of drug-likeness (QED) is 0.216. The average Bonchev–Trinajstić information content (AvgIpc) is 2.79. The molecule has 0 fully saturated rings. The zero-order valence-corrected chi connectivity index (χ0v) is 19.2. The molecule has 1 aliphatic rings. The highest BCUT2D eigenvalue weighted by Gasteiger charge is 2.22. The molecule has 0 saturated carbocycles. The Balaban J connectivity index is 1.65. The molecule has 2 aromatic carbocycles. The number of phenols is 1. The third-order valence-corrected chi connectivity index (χ3v) is 6.54. The summed E-state index contributed by atoms with van der Waals surface area (Å²) in [7, 11) is -4.29. The number of ether oxygens (including phenoxy) is 1. The van der Waals surface area contributed by atoms with Crippen LogP contribution in [0.2, 0.25) is 0 Å². The van der Waals surface area contributed by atoms with E-state index in [1.54, 1.807) is 18.2 Å². The largest absolute Gasteiger partial charge is 0.508 e. The summed E-state index contributed by atoms with van der Waals surface area (Å²) < 4.78 is 39.2. The van der Waals surface area contributed by atoms with E-state index < -0.39 is 21.5 Å². The van der Waals surface area contributed by atoms with Crippen LogP contribution in [-0.4, -0.2) is 41.1 Å². The number of benzene rings is 2. The van der Waals surface area contributed by atoms with Crippen molar-refractivity contribution in [3.8, 4) is 23.5 Å². The number of aromatic hydroxyl groups is 1. The van der Waals surface area contributed by atoms with E-state index >= 15 is 0 Å². The van der Waals surface area contributed by atoms with Crippen LogP contribution in [0.15, 0.2) is 59.6 Å². The van der Waals surface area contributed by atoms with Crippen molar-refractivity contribution < 1.29 is 27.9 Å². The summed E-state index contributed by atoms with van der Waals surface area (Å²) >= 11 is 0. The number of guanidine groups is 1. The molecular weight excluding hydrogens is 458 g/mol. The molecule has 0 amide bonds. The smallest absolute Gasteiger partial charge is 0.268 e. The van der Waals surface area contributed by atoms with Gasteiger partial charge in [0.2, 0.25) is 5.96 Å². The van der Waals surface area contributed by atoms with E-state index in [4.69, 9.17) is 10.5 Å². The zero-order chi connectivity index (χ0) is 24.6. The van der Waals surface area contributed by atoms with Gasteiger partial charge in [-0.1, -0.05) is 42.3 Å². The standard InChI is InChI=1S/C24H27N3O6S/c25-24-26-14-2-3-19-15-17(7-13-23(19)33-16-27-24)6-12-21(34(30,31)32)4-1-5-22(29)18-8-10-20(28)11-9-18/h1,5,7-11,13,15,21-22,28-29H,3-4,6,12,16H2,(H3,25,26,27)(H,30,31,32)/t21-,22+/m0/s1. The van der Waals surface area contributed by atoms with Gasteiger partial charge >= 0.3 is 0 Å². The predicted octanol–water partition coefficient (Wildman–Crippen LogP) is 2.02. The van der Waals surface area contributed by atoms with Gasteiger partial charge in [0.05, 0.1) is 11.4 Å². The highest BCUT2D eigenvalue weighted by Crippen LogP contribution is 2.24. The van der Waals surface area contributed by atoms with Crippen molar-refractivity contribution in [1.82, 2.24) is 5.32 Å². The molecule has 0 unspecified atom stereocenters. The fourth-order valence-corrected chi connectivity index (χ4v) is 4.16. The van der Waals surface area contributed by atoms with E-state index in [2.05, 4.69) is 22.3 Å². The number of nitrogens with one attached hydrogen (secondary N) is 1. The first-order valence-corrected chi connectivity index (χ1v) is 12.1. The van der Waals surface area contributed by atoms with Gasteiger partial charge in [0.15, 0.2) is 6.73 Å². The third-order valence-electron chi connectivity index (χ3n) is 5.27. The molecule has 34 heavy (non-hydrogen) atoms. The number of nitrogens with zero attached hydrogens (tertiary/aromatic N) is 1. The van der Waals surface area contributed by atoms with Gasteiger partial charge < -0.3 is 26.0 Å². The molecule has 10 heteroatoms. The average molecular weight is 486 g/mol. The van der Waals surface area contributed by atoms with Crippen molar-refractivity contribution in [3.05, 3.63) is 71.3 Å². The van der Waals surface area contributed by atoms with Gasteiger partial charge in [-0.05, 0) is 48.6 Å². The van der Waals surface area contributed by atoms with Gasteiger partial charge in [0, 0.05) is 18.0 Å².